The van der Waals surface area contributed by atoms with E-state index in [1.807, 2.05) is 38.4 Å². The van der Waals surface area contributed by atoms with E-state index >= 15 is 0 Å². The fourth-order valence-corrected chi connectivity index (χ4v) is 3.17. The maximum atomic E-state index is 12.5. The van der Waals surface area contributed by atoms with E-state index in [4.69, 9.17) is 17.3 Å². The molecule has 0 aliphatic carbocycles. The van der Waals surface area contributed by atoms with Gasteiger partial charge in [-0.15, -0.1) is 0 Å². The molecule has 0 aliphatic heterocycles. The number of carbonyl (C=O) groups excluding carboxylic acids is 1. The SMILES string of the molecule is CN(C)CCCNc1ncc(C(=O)NCc2ccc3c(N)nccc3c2)cc1Cl. The number of nitrogens with two attached hydrogens (primary N) is 1. The van der Waals surface area contributed by atoms with E-state index in [1.165, 1.54) is 6.20 Å². The van der Waals surface area contributed by atoms with Crippen molar-refractivity contribution in [2.45, 2.75) is 13.0 Å². The van der Waals surface area contributed by atoms with Crippen LogP contribution in [-0.4, -0.2) is 48.0 Å². The fourth-order valence-electron chi connectivity index (χ4n) is 2.94. The number of anilines is 2. The van der Waals surface area contributed by atoms with Crippen LogP contribution in [-0.2, 0) is 6.54 Å². The highest BCUT2D eigenvalue weighted by Crippen LogP contribution is 2.21. The number of nitrogens with one attached hydrogen (secondary N) is 2. The smallest absolute Gasteiger partial charge is 0.253 e. The second-order valence-electron chi connectivity index (χ2n) is 7.07. The lowest BCUT2D eigenvalue weighted by Gasteiger charge is -2.12. The minimum Gasteiger partial charge on any atom is -0.383 e. The number of nitrogen functional groups attached to an aromatic ring is 1. The van der Waals surface area contributed by atoms with E-state index in [9.17, 15) is 4.79 Å². The van der Waals surface area contributed by atoms with Gasteiger partial charge < -0.3 is 21.3 Å². The highest BCUT2D eigenvalue weighted by molar-refractivity contribution is 6.33. The predicted octanol–water partition coefficient (Wildman–Crippen LogP) is 3.16. The van der Waals surface area contributed by atoms with Gasteiger partial charge in [-0.3, -0.25) is 4.79 Å². The van der Waals surface area contributed by atoms with Gasteiger partial charge in [0.15, 0.2) is 0 Å². The highest BCUT2D eigenvalue weighted by atomic mass is 35.5. The van der Waals surface area contributed by atoms with Gasteiger partial charge in [0.2, 0.25) is 0 Å². The normalized spacial score (nSPS) is 11.0. The molecule has 3 aromatic rings. The molecule has 2 aromatic heterocycles. The zero-order valence-corrected chi connectivity index (χ0v) is 17.3. The molecule has 0 unspecified atom stereocenters. The summed E-state index contributed by atoms with van der Waals surface area (Å²) >= 11 is 6.28. The monoisotopic (exact) mass is 412 g/mol. The number of carbonyl (C=O) groups is 1. The number of benzene rings is 1. The van der Waals surface area contributed by atoms with Crippen LogP contribution in [0.15, 0.2) is 42.7 Å². The van der Waals surface area contributed by atoms with Crippen molar-refractivity contribution < 1.29 is 4.79 Å². The molecular formula is C21H25ClN6O. The number of fused-ring (bicyclic) bond motifs is 1. The third kappa shape index (κ3) is 5.56. The standard InChI is InChI=1S/C21H25ClN6O/c1-28(2)9-3-7-25-20-18(22)11-16(13-26-20)21(29)27-12-14-4-5-17-15(10-14)6-8-24-19(17)23/h4-6,8,10-11,13H,3,7,9,12H2,1-2H3,(H2,23,24)(H,25,26)(H,27,29). The Morgan fingerprint density at radius 2 is 2.03 bits per heavy atom. The topological polar surface area (TPSA) is 96.2 Å². The van der Waals surface area contributed by atoms with Crippen molar-refractivity contribution in [3.63, 3.8) is 0 Å². The van der Waals surface area contributed by atoms with Crippen molar-refractivity contribution in [1.29, 1.82) is 0 Å². The number of rotatable bonds is 8. The second kappa shape index (κ2) is 9.54. The number of hydrogen-bond acceptors (Lipinski definition) is 6. The summed E-state index contributed by atoms with van der Waals surface area (Å²) in [5.41, 5.74) is 7.26. The molecule has 0 atom stereocenters. The van der Waals surface area contributed by atoms with Gasteiger partial charge in [-0.25, -0.2) is 9.97 Å². The van der Waals surface area contributed by atoms with Crippen LogP contribution in [0.2, 0.25) is 5.02 Å². The summed E-state index contributed by atoms with van der Waals surface area (Å²) in [6.45, 7) is 2.13. The highest BCUT2D eigenvalue weighted by Gasteiger charge is 2.10. The van der Waals surface area contributed by atoms with Gasteiger partial charge in [-0.05, 0) is 56.2 Å². The van der Waals surface area contributed by atoms with Crippen LogP contribution < -0.4 is 16.4 Å². The molecule has 1 amide bonds. The Hall–Kier alpha value is -2.90. The number of amides is 1. The molecule has 2 heterocycles. The molecule has 0 bridgehead atoms. The maximum Gasteiger partial charge on any atom is 0.253 e. The van der Waals surface area contributed by atoms with Gasteiger partial charge in [-0.1, -0.05) is 23.7 Å². The van der Waals surface area contributed by atoms with Crippen LogP contribution in [0.3, 0.4) is 0 Å². The summed E-state index contributed by atoms with van der Waals surface area (Å²) in [6, 6.07) is 9.34. The first-order valence-electron chi connectivity index (χ1n) is 9.39. The molecule has 0 saturated heterocycles. The van der Waals surface area contributed by atoms with E-state index in [2.05, 4.69) is 25.5 Å². The second-order valence-corrected chi connectivity index (χ2v) is 7.48. The number of pyridine rings is 2. The number of halogens is 1. The average Bonchev–Trinajstić information content (AvgIpc) is 2.70. The minimum atomic E-state index is -0.229. The summed E-state index contributed by atoms with van der Waals surface area (Å²) < 4.78 is 0. The Kier molecular flexibility index (Phi) is 6.85. The first-order valence-corrected chi connectivity index (χ1v) is 9.77. The lowest BCUT2D eigenvalue weighted by atomic mass is 10.1. The van der Waals surface area contributed by atoms with E-state index in [-0.39, 0.29) is 5.91 Å². The van der Waals surface area contributed by atoms with Gasteiger partial charge >= 0.3 is 0 Å². The van der Waals surface area contributed by atoms with Gasteiger partial charge in [0.25, 0.3) is 5.91 Å². The molecule has 0 aliphatic rings. The lowest BCUT2D eigenvalue weighted by molar-refractivity contribution is 0.0950. The Labute approximate surface area is 175 Å². The Balaban J connectivity index is 1.58. The molecule has 4 N–H and O–H groups in total. The van der Waals surface area contributed by atoms with E-state index < -0.39 is 0 Å². The molecular weight excluding hydrogens is 388 g/mol. The van der Waals surface area contributed by atoms with Crippen LogP contribution in [0, 0.1) is 0 Å². The molecule has 0 radical (unpaired) electrons. The molecule has 1 aromatic carbocycles. The summed E-state index contributed by atoms with van der Waals surface area (Å²) in [6.07, 6.45) is 4.17. The predicted molar refractivity (Wildman–Crippen MR) is 118 cm³/mol. The summed E-state index contributed by atoms with van der Waals surface area (Å²) in [5, 5.41) is 8.40. The van der Waals surface area contributed by atoms with Crippen LogP contribution in [0.25, 0.3) is 10.8 Å². The van der Waals surface area contributed by atoms with Crippen molar-refractivity contribution in [2.75, 3.05) is 38.2 Å². The zero-order chi connectivity index (χ0) is 20.8. The maximum absolute atomic E-state index is 12.5. The molecule has 3 rings (SSSR count). The summed E-state index contributed by atoms with van der Waals surface area (Å²) in [4.78, 5) is 22.9. The van der Waals surface area contributed by atoms with Crippen LogP contribution in [0.4, 0.5) is 11.6 Å². The lowest BCUT2D eigenvalue weighted by Crippen LogP contribution is -2.23. The van der Waals surface area contributed by atoms with Crippen molar-refractivity contribution in [2.24, 2.45) is 0 Å². The van der Waals surface area contributed by atoms with E-state index in [0.717, 1.165) is 35.8 Å². The summed E-state index contributed by atoms with van der Waals surface area (Å²) in [5.74, 6) is 0.852. The van der Waals surface area contributed by atoms with Crippen LogP contribution >= 0.6 is 11.6 Å². The van der Waals surface area contributed by atoms with Gasteiger partial charge in [0.05, 0.1) is 10.6 Å². The van der Waals surface area contributed by atoms with Crippen molar-refractivity contribution >= 4 is 39.9 Å². The molecule has 0 saturated carbocycles. The molecule has 0 fully saturated rings. The molecule has 8 heteroatoms. The third-order valence-electron chi connectivity index (χ3n) is 4.49. The number of hydrogen-bond donors (Lipinski definition) is 3. The molecule has 0 spiro atoms. The Bertz CT molecular complexity index is 1010. The van der Waals surface area contributed by atoms with Crippen molar-refractivity contribution in [3.05, 3.63) is 58.9 Å². The van der Waals surface area contributed by atoms with Gasteiger partial charge in [0, 0.05) is 30.9 Å². The van der Waals surface area contributed by atoms with Crippen LogP contribution in [0.5, 0.6) is 0 Å². The zero-order valence-electron chi connectivity index (χ0n) is 16.6. The first-order chi connectivity index (χ1) is 13.9. The van der Waals surface area contributed by atoms with Gasteiger partial charge in [-0.2, -0.15) is 0 Å². The number of nitrogens with zero attached hydrogens (tertiary/aromatic N) is 3. The quantitative estimate of drug-likeness (QED) is 0.492. The van der Waals surface area contributed by atoms with E-state index in [0.29, 0.717) is 28.8 Å². The fraction of sp³-hybridized carbons (Fsp3) is 0.286. The minimum absolute atomic E-state index is 0.229. The average molecular weight is 413 g/mol. The van der Waals surface area contributed by atoms with Crippen molar-refractivity contribution in [3.8, 4) is 0 Å². The third-order valence-corrected chi connectivity index (χ3v) is 4.78. The molecule has 152 valence electrons. The molecule has 7 nitrogen and oxygen atoms in total. The summed E-state index contributed by atoms with van der Waals surface area (Å²) in [7, 11) is 4.06. The largest absolute Gasteiger partial charge is 0.383 e. The molecule has 29 heavy (non-hydrogen) atoms. The number of aromatic nitrogens is 2. The van der Waals surface area contributed by atoms with E-state index in [1.54, 1.807) is 12.3 Å². The van der Waals surface area contributed by atoms with Crippen LogP contribution in [0.1, 0.15) is 22.3 Å². The van der Waals surface area contributed by atoms with Crippen molar-refractivity contribution in [1.82, 2.24) is 20.2 Å². The Morgan fingerprint density at radius 3 is 2.79 bits per heavy atom. The van der Waals surface area contributed by atoms with Gasteiger partial charge in [0.1, 0.15) is 11.6 Å². The Morgan fingerprint density at radius 1 is 1.21 bits per heavy atom. The first kappa shape index (κ1) is 20.8.